The number of nitrogens with one attached hydrogen (secondary N) is 1. The molecule has 0 saturated carbocycles. The van der Waals surface area contributed by atoms with Crippen LogP contribution in [0.15, 0.2) is 30.3 Å². The van der Waals surface area contributed by atoms with Crippen LogP contribution >= 0.6 is 0 Å². The summed E-state index contributed by atoms with van der Waals surface area (Å²) in [7, 11) is 1.83. The lowest BCUT2D eigenvalue weighted by molar-refractivity contribution is -0.141. The summed E-state index contributed by atoms with van der Waals surface area (Å²) < 4.78 is 0. The van der Waals surface area contributed by atoms with Gasteiger partial charge in [0, 0.05) is 26.1 Å². The molecule has 4 rings (SSSR count). The Hall–Kier alpha value is -1.88. The number of carbonyl (C=O) groups excluding carboxylic acids is 2. The second-order valence-electron chi connectivity index (χ2n) is 8.75. The third kappa shape index (κ3) is 3.95. The van der Waals surface area contributed by atoms with Crippen LogP contribution in [0.2, 0.25) is 0 Å². The van der Waals surface area contributed by atoms with Crippen molar-refractivity contribution in [1.82, 2.24) is 15.1 Å². The Morgan fingerprint density at radius 1 is 1.07 bits per heavy atom. The molecule has 3 fully saturated rings. The highest BCUT2D eigenvalue weighted by Gasteiger charge is 2.39. The van der Waals surface area contributed by atoms with Gasteiger partial charge in [-0.2, -0.15) is 0 Å². The number of likely N-dealkylation sites (tertiary alicyclic amines) is 1. The Kier molecular flexibility index (Phi) is 6.00. The van der Waals surface area contributed by atoms with Gasteiger partial charge in [-0.15, -0.1) is 0 Å². The van der Waals surface area contributed by atoms with E-state index >= 15 is 0 Å². The zero-order valence-corrected chi connectivity index (χ0v) is 17.0. The topological polar surface area (TPSA) is 52.7 Å². The molecule has 1 aromatic rings. The fourth-order valence-electron chi connectivity index (χ4n) is 5.60. The van der Waals surface area contributed by atoms with Gasteiger partial charge in [0.2, 0.25) is 11.8 Å². The number of carbonyl (C=O) groups is 2. The molecule has 5 heteroatoms. The van der Waals surface area contributed by atoms with Gasteiger partial charge in [0.25, 0.3) is 0 Å². The zero-order valence-electron chi connectivity index (χ0n) is 17.0. The van der Waals surface area contributed by atoms with Crippen LogP contribution in [0, 0.1) is 11.8 Å². The molecule has 28 heavy (non-hydrogen) atoms. The van der Waals surface area contributed by atoms with Crippen LogP contribution in [-0.2, 0) is 9.59 Å². The first-order chi connectivity index (χ1) is 13.6. The second kappa shape index (κ2) is 8.64. The highest BCUT2D eigenvalue weighted by molar-refractivity contribution is 5.84. The fraction of sp³-hybridized carbons (Fsp3) is 0.652. The van der Waals surface area contributed by atoms with Crippen LogP contribution in [0.3, 0.4) is 0 Å². The molecule has 0 aromatic heterocycles. The third-order valence-electron chi connectivity index (χ3n) is 7.11. The Morgan fingerprint density at radius 2 is 1.86 bits per heavy atom. The standard InChI is InChI=1S/C23H33N3O2/c1-25-21(27)13-12-19(22(25)17-8-3-2-4-9-17)23(28)24-16-18-10-7-15-26-14-6-5-11-20(18)26/h2-4,8-9,18-20,22H,5-7,10-16H2,1H3,(H,24,28)/t18-,19+,20-,22-/m1/s1. The summed E-state index contributed by atoms with van der Waals surface area (Å²) >= 11 is 0. The van der Waals surface area contributed by atoms with Crippen molar-refractivity contribution >= 4 is 11.8 Å². The van der Waals surface area contributed by atoms with E-state index in [4.69, 9.17) is 0 Å². The summed E-state index contributed by atoms with van der Waals surface area (Å²) in [6.45, 7) is 3.22. The molecular formula is C23H33N3O2. The Morgan fingerprint density at radius 3 is 2.68 bits per heavy atom. The molecular weight excluding hydrogens is 350 g/mol. The number of fused-ring (bicyclic) bond motifs is 1. The minimum absolute atomic E-state index is 0.112. The minimum Gasteiger partial charge on any atom is -0.355 e. The number of amides is 2. The molecule has 1 N–H and O–H groups in total. The van der Waals surface area contributed by atoms with Crippen molar-refractivity contribution in [3.8, 4) is 0 Å². The van der Waals surface area contributed by atoms with E-state index in [0.29, 0.717) is 24.8 Å². The maximum absolute atomic E-state index is 13.2. The molecule has 3 aliphatic rings. The van der Waals surface area contributed by atoms with Crippen molar-refractivity contribution in [3.63, 3.8) is 0 Å². The molecule has 3 aliphatic heterocycles. The van der Waals surface area contributed by atoms with E-state index in [-0.39, 0.29) is 23.8 Å². The summed E-state index contributed by atoms with van der Waals surface area (Å²) in [5, 5.41) is 3.29. The first-order valence-electron chi connectivity index (χ1n) is 11.0. The van der Waals surface area contributed by atoms with Crippen LogP contribution in [0.4, 0.5) is 0 Å². The van der Waals surface area contributed by atoms with Gasteiger partial charge in [-0.25, -0.2) is 0 Å². The number of benzene rings is 1. The molecule has 5 nitrogen and oxygen atoms in total. The molecule has 3 saturated heterocycles. The average molecular weight is 384 g/mol. The summed E-state index contributed by atoms with van der Waals surface area (Å²) in [6.07, 6.45) is 7.45. The first-order valence-corrected chi connectivity index (χ1v) is 11.0. The smallest absolute Gasteiger partial charge is 0.225 e. The normalized spacial score (nSPS) is 31.3. The van der Waals surface area contributed by atoms with Crippen LogP contribution < -0.4 is 5.32 Å². The molecule has 0 bridgehead atoms. The lowest BCUT2D eigenvalue weighted by Gasteiger charge is -2.44. The maximum Gasteiger partial charge on any atom is 0.225 e. The maximum atomic E-state index is 13.2. The monoisotopic (exact) mass is 383 g/mol. The number of rotatable bonds is 4. The van der Waals surface area contributed by atoms with Gasteiger partial charge in [0.15, 0.2) is 0 Å². The average Bonchev–Trinajstić information content (AvgIpc) is 2.74. The van der Waals surface area contributed by atoms with E-state index in [1.165, 1.54) is 45.2 Å². The Labute approximate surface area is 168 Å². The molecule has 0 spiro atoms. The summed E-state index contributed by atoms with van der Waals surface area (Å²) in [4.78, 5) is 29.9. The van der Waals surface area contributed by atoms with E-state index in [1.807, 2.05) is 37.4 Å². The molecule has 4 atom stereocenters. The molecule has 0 unspecified atom stereocenters. The van der Waals surface area contributed by atoms with Gasteiger partial charge in [0.05, 0.1) is 12.0 Å². The van der Waals surface area contributed by atoms with E-state index in [0.717, 1.165) is 12.1 Å². The number of hydrogen-bond donors (Lipinski definition) is 1. The van der Waals surface area contributed by atoms with Crippen LogP contribution in [0.5, 0.6) is 0 Å². The van der Waals surface area contributed by atoms with Crippen molar-refractivity contribution in [1.29, 1.82) is 0 Å². The molecule has 0 aliphatic carbocycles. The molecule has 152 valence electrons. The van der Waals surface area contributed by atoms with Gasteiger partial charge in [-0.05, 0) is 56.7 Å². The quantitative estimate of drug-likeness (QED) is 0.870. The Bertz CT molecular complexity index is 690. The van der Waals surface area contributed by atoms with E-state index in [2.05, 4.69) is 10.2 Å². The lowest BCUT2D eigenvalue weighted by Crippen LogP contribution is -2.52. The van der Waals surface area contributed by atoms with Gasteiger partial charge in [-0.3, -0.25) is 9.59 Å². The first kappa shape index (κ1) is 19.4. The molecule has 3 heterocycles. The van der Waals surface area contributed by atoms with Gasteiger partial charge in [0.1, 0.15) is 0 Å². The van der Waals surface area contributed by atoms with Crippen LogP contribution in [0.25, 0.3) is 0 Å². The second-order valence-corrected chi connectivity index (χ2v) is 8.75. The largest absolute Gasteiger partial charge is 0.355 e. The fourth-order valence-corrected chi connectivity index (χ4v) is 5.60. The number of nitrogens with zero attached hydrogens (tertiary/aromatic N) is 2. The van der Waals surface area contributed by atoms with Crippen molar-refractivity contribution < 1.29 is 9.59 Å². The van der Waals surface area contributed by atoms with Gasteiger partial charge in [-0.1, -0.05) is 36.8 Å². The predicted molar refractivity (Wildman–Crippen MR) is 110 cm³/mol. The van der Waals surface area contributed by atoms with Gasteiger partial charge >= 0.3 is 0 Å². The SMILES string of the molecule is CN1C(=O)CC[C@H](C(=O)NC[C@H]2CCCN3CCCC[C@H]23)[C@H]1c1ccccc1. The van der Waals surface area contributed by atoms with Crippen LogP contribution in [-0.4, -0.2) is 54.3 Å². The third-order valence-corrected chi connectivity index (χ3v) is 7.11. The van der Waals surface area contributed by atoms with Gasteiger partial charge < -0.3 is 15.1 Å². The lowest BCUT2D eigenvalue weighted by atomic mass is 9.82. The zero-order chi connectivity index (χ0) is 19.5. The highest BCUT2D eigenvalue weighted by atomic mass is 16.2. The number of hydrogen-bond acceptors (Lipinski definition) is 3. The summed E-state index contributed by atoms with van der Waals surface area (Å²) in [5.74, 6) is 0.636. The summed E-state index contributed by atoms with van der Waals surface area (Å²) in [5.41, 5.74) is 1.05. The van der Waals surface area contributed by atoms with E-state index in [1.54, 1.807) is 4.90 Å². The van der Waals surface area contributed by atoms with E-state index in [9.17, 15) is 9.59 Å². The van der Waals surface area contributed by atoms with E-state index < -0.39 is 0 Å². The van der Waals surface area contributed by atoms with Crippen molar-refractivity contribution in [2.45, 2.75) is 57.0 Å². The molecule has 0 radical (unpaired) electrons. The predicted octanol–water partition coefficient (Wildman–Crippen LogP) is 2.98. The van der Waals surface area contributed by atoms with Crippen LogP contribution in [0.1, 0.15) is 56.6 Å². The van der Waals surface area contributed by atoms with Crippen molar-refractivity contribution in [2.75, 3.05) is 26.7 Å². The Balaban J connectivity index is 1.43. The summed E-state index contributed by atoms with van der Waals surface area (Å²) in [6, 6.07) is 10.5. The minimum atomic E-state index is -0.170. The van der Waals surface area contributed by atoms with Crippen molar-refractivity contribution in [3.05, 3.63) is 35.9 Å². The molecule has 2 amide bonds. The number of piperidine rings is 3. The highest BCUT2D eigenvalue weighted by Crippen LogP contribution is 2.36. The van der Waals surface area contributed by atoms with Crippen molar-refractivity contribution in [2.24, 2.45) is 11.8 Å². The molecule has 1 aromatic carbocycles.